The number of ketones is 1. The molecule has 0 N–H and O–H groups in total. The number of hydrogen-bond donors (Lipinski definition) is 0. The summed E-state index contributed by atoms with van der Waals surface area (Å²) < 4.78 is 5.56. The van der Waals surface area contributed by atoms with Gasteiger partial charge in [0, 0.05) is 22.9 Å². The van der Waals surface area contributed by atoms with Crippen LogP contribution in [0.15, 0.2) is 36.4 Å². The van der Waals surface area contributed by atoms with Crippen LogP contribution >= 0.6 is 23.2 Å². The molecule has 1 heterocycles. The number of benzene rings is 2. The van der Waals surface area contributed by atoms with Crippen molar-refractivity contribution in [3.05, 3.63) is 63.1 Å². The second kappa shape index (κ2) is 5.47. The van der Waals surface area contributed by atoms with Gasteiger partial charge in [-0.3, -0.25) is 4.79 Å². The molecule has 1 aliphatic heterocycles. The Morgan fingerprint density at radius 1 is 1.20 bits per heavy atom. The van der Waals surface area contributed by atoms with Crippen LogP contribution in [0.4, 0.5) is 0 Å². The molecule has 102 valence electrons. The van der Waals surface area contributed by atoms with E-state index in [4.69, 9.17) is 27.9 Å². The average Bonchev–Trinajstić information content (AvgIpc) is 2.90. The minimum absolute atomic E-state index is 0.00738. The van der Waals surface area contributed by atoms with Crippen molar-refractivity contribution in [2.45, 2.75) is 12.8 Å². The Morgan fingerprint density at radius 2 is 2.05 bits per heavy atom. The van der Waals surface area contributed by atoms with Gasteiger partial charge >= 0.3 is 0 Å². The molecule has 20 heavy (non-hydrogen) atoms. The zero-order valence-corrected chi connectivity index (χ0v) is 12.2. The molecule has 4 heteroatoms. The van der Waals surface area contributed by atoms with Crippen LogP contribution in [0.3, 0.4) is 0 Å². The Labute approximate surface area is 127 Å². The van der Waals surface area contributed by atoms with Gasteiger partial charge in [0.05, 0.1) is 12.2 Å². The second-order valence-corrected chi connectivity index (χ2v) is 5.57. The fourth-order valence-electron chi connectivity index (χ4n) is 2.37. The zero-order valence-electron chi connectivity index (χ0n) is 10.7. The lowest BCUT2D eigenvalue weighted by Gasteiger charge is -2.08. The quantitative estimate of drug-likeness (QED) is 0.788. The van der Waals surface area contributed by atoms with Crippen LogP contribution in [-0.2, 0) is 12.8 Å². The summed E-state index contributed by atoms with van der Waals surface area (Å²) in [6.07, 6.45) is 1.11. The molecule has 0 spiro atoms. The molecule has 3 rings (SSSR count). The number of fused-ring (bicyclic) bond motifs is 1. The third kappa shape index (κ3) is 2.54. The predicted molar refractivity (Wildman–Crippen MR) is 80.1 cm³/mol. The van der Waals surface area contributed by atoms with E-state index in [1.54, 1.807) is 24.3 Å². The van der Waals surface area contributed by atoms with Crippen molar-refractivity contribution in [2.75, 3.05) is 6.61 Å². The predicted octanol–water partition coefficient (Wildman–Crippen LogP) is 4.35. The van der Waals surface area contributed by atoms with E-state index in [0.717, 1.165) is 23.3 Å². The van der Waals surface area contributed by atoms with E-state index < -0.39 is 0 Å². The monoisotopic (exact) mass is 306 g/mol. The number of Topliss-reactive ketones (excluding diaryl/α,β-unsaturated/α-hetero) is 1. The summed E-state index contributed by atoms with van der Waals surface area (Å²) in [7, 11) is 0. The summed E-state index contributed by atoms with van der Waals surface area (Å²) in [6.45, 7) is 0.640. The van der Waals surface area contributed by atoms with E-state index in [0.29, 0.717) is 22.2 Å². The van der Waals surface area contributed by atoms with Crippen LogP contribution in [-0.4, -0.2) is 12.4 Å². The van der Waals surface area contributed by atoms with Gasteiger partial charge in [-0.2, -0.15) is 0 Å². The summed E-state index contributed by atoms with van der Waals surface area (Å²) in [4.78, 5) is 12.4. The molecule has 2 aromatic carbocycles. The van der Waals surface area contributed by atoms with Gasteiger partial charge in [-0.05, 0) is 29.3 Å². The van der Waals surface area contributed by atoms with Crippen molar-refractivity contribution in [3.8, 4) is 5.75 Å². The molecule has 0 amide bonds. The molecule has 0 aliphatic carbocycles. The highest BCUT2D eigenvalue weighted by Gasteiger charge is 2.20. The lowest BCUT2D eigenvalue weighted by Crippen LogP contribution is -2.06. The molecule has 0 saturated heterocycles. The van der Waals surface area contributed by atoms with E-state index in [1.165, 1.54) is 0 Å². The molecule has 0 fully saturated rings. The molecule has 0 aromatic heterocycles. The van der Waals surface area contributed by atoms with Crippen molar-refractivity contribution in [1.29, 1.82) is 0 Å². The van der Waals surface area contributed by atoms with Crippen LogP contribution in [0.25, 0.3) is 0 Å². The molecule has 2 aromatic rings. The summed E-state index contributed by atoms with van der Waals surface area (Å²) in [5.41, 5.74) is 2.50. The van der Waals surface area contributed by atoms with E-state index >= 15 is 0 Å². The van der Waals surface area contributed by atoms with Gasteiger partial charge in [-0.25, -0.2) is 0 Å². The van der Waals surface area contributed by atoms with Crippen molar-refractivity contribution in [3.63, 3.8) is 0 Å². The highest BCUT2D eigenvalue weighted by atomic mass is 35.5. The Kier molecular flexibility index (Phi) is 3.68. The van der Waals surface area contributed by atoms with Crippen LogP contribution in [0.2, 0.25) is 10.0 Å². The third-order valence-corrected chi connectivity index (χ3v) is 3.97. The van der Waals surface area contributed by atoms with E-state index in [1.807, 2.05) is 12.1 Å². The number of para-hydroxylation sites is 1. The number of hydrogen-bond acceptors (Lipinski definition) is 2. The zero-order chi connectivity index (χ0) is 14.1. The first kappa shape index (κ1) is 13.5. The highest BCUT2D eigenvalue weighted by Crippen LogP contribution is 2.31. The van der Waals surface area contributed by atoms with Gasteiger partial charge < -0.3 is 4.74 Å². The SMILES string of the molecule is O=C(Cc1ccc(Cl)cc1Cl)c1cccc2c1OCC2. The maximum Gasteiger partial charge on any atom is 0.171 e. The van der Waals surface area contributed by atoms with Gasteiger partial charge in [-0.15, -0.1) is 0 Å². The molecule has 0 bridgehead atoms. The molecule has 0 radical (unpaired) electrons. The Balaban J connectivity index is 1.89. The molecular formula is C16H12Cl2O2. The number of carbonyl (C=O) groups excluding carboxylic acids is 1. The first-order chi connectivity index (χ1) is 9.65. The van der Waals surface area contributed by atoms with Crippen molar-refractivity contribution in [2.24, 2.45) is 0 Å². The fourth-order valence-corrected chi connectivity index (χ4v) is 2.84. The standard InChI is InChI=1S/C16H12Cl2O2/c17-12-5-4-11(14(18)9-12)8-15(19)13-3-1-2-10-6-7-20-16(10)13/h1-5,9H,6-8H2. The Hall–Kier alpha value is -1.51. The van der Waals surface area contributed by atoms with Gasteiger partial charge in [-0.1, -0.05) is 41.4 Å². The molecule has 0 unspecified atom stereocenters. The molecule has 2 nitrogen and oxygen atoms in total. The van der Waals surface area contributed by atoms with E-state index in [2.05, 4.69) is 0 Å². The highest BCUT2D eigenvalue weighted by molar-refractivity contribution is 6.35. The lowest BCUT2D eigenvalue weighted by molar-refractivity contribution is 0.0990. The number of carbonyl (C=O) groups is 1. The molecule has 0 atom stereocenters. The topological polar surface area (TPSA) is 26.3 Å². The average molecular weight is 307 g/mol. The smallest absolute Gasteiger partial charge is 0.171 e. The summed E-state index contributed by atoms with van der Waals surface area (Å²) in [5, 5.41) is 1.08. The summed E-state index contributed by atoms with van der Waals surface area (Å²) in [5.74, 6) is 0.732. The second-order valence-electron chi connectivity index (χ2n) is 4.73. The normalized spacial score (nSPS) is 12.9. The largest absolute Gasteiger partial charge is 0.492 e. The molecule has 0 saturated carbocycles. The van der Waals surface area contributed by atoms with Gasteiger partial charge in [0.1, 0.15) is 5.75 Å². The Morgan fingerprint density at radius 3 is 2.85 bits per heavy atom. The number of ether oxygens (including phenoxy) is 1. The van der Waals surface area contributed by atoms with E-state index in [-0.39, 0.29) is 12.2 Å². The first-order valence-corrected chi connectivity index (χ1v) is 7.12. The van der Waals surface area contributed by atoms with Gasteiger partial charge in [0.2, 0.25) is 0 Å². The van der Waals surface area contributed by atoms with Crippen LogP contribution < -0.4 is 4.74 Å². The van der Waals surface area contributed by atoms with Gasteiger partial charge in [0.15, 0.2) is 5.78 Å². The number of halogens is 2. The maximum absolute atomic E-state index is 12.4. The third-order valence-electron chi connectivity index (χ3n) is 3.38. The minimum atomic E-state index is 0.00738. The summed E-state index contributed by atoms with van der Waals surface area (Å²) >= 11 is 12.0. The van der Waals surface area contributed by atoms with Crippen molar-refractivity contribution >= 4 is 29.0 Å². The number of rotatable bonds is 3. The van der Waals surface area contributed by atoms with Crippen LogP contribution in [0.5, 0.6) is 5.75 Å². The molecule has 1 aliphatic rings. The lowest BCUT2D eigenvalue weighted by atomic mass is 10.00. The first-order valence-electron chi connectivity index (χ1n) is 6.37. The fraction of sp³-hybridized carbons (Fsp3) is 0.188. The van der Waals surface area contributed by atoms with Gasteiger partial charge in [0.25, 0.3) is 0 Å². The van der Waals surface area contributed by atoms with Crippen LogP contribution in [0.1, 0.15) is 21.5 Å². The maximum atomic E-state index is 12.4. The van der Waals surface area contributed by atoms with Crippen molar-refractivity contribution < 1.29 is 9.53 Å². The Bertz CT molecular complexity index is 680. The summed E-state index contributed by atoms with van der Waals surface area (Å²) in [6, 6.07) is 10.9. The van der Waals surface area contributed by atoms with Crippen LogP contribution in [0, 0.1) is 0 Å². The van der Waals surface area contributed by atoms with E-state index in [9.17, 15) is 4.79 Å². The molecular weight excluding hydrogens is 295 g/mol. The minimum Gasteiger partial charge on any atom is -0.492 e. The van der Waals surface area contributed by atoms with Crippen molar-refractivity contribution in [1.82, 2.24) is 0 Å².